The van der Waals surface area contributed by atoms with E-state index in [4.69, 9.17) is 32.9 Å². The van der Waals surface area contributed by atoms with Crippen molar-refractivity contribution in [2.75, 3.05) is 30.4 Å². The summed E-state index contributed by atoms with van der Waals surface area (Å²) in [5, 5.41) is 7.27. The number of aromatic nitrogens is 2. The molecule has 1 saturated heterocycles. The number of carbonyl (C=O) groups excluding carboxylic acids is 1. The van der Waals surface area contributed by atoms with Crippen LogP contribution in [-0.4, -0.2) is 35.6 Å². The zero-order chi connectivity index (χ0) is 21.8. The smallest absolute Gasteiger partial charge is 0.228 e. The largest absolute Gasteiger partial charge is 0.381 e. The zero-order valence-electron chi connectivity index (χ0n) is 17.7. The highest BCUT2D eigenvalue weighted by Crippen LogP contribution is 2.35. The van der Waals surface area contributed by atoms with Crippen molar-refractivity contribution >= 4 is 40.7 Å². The zero-order valence-corrected chi connectivity index (χ0v) is 19.2. The molecular weight excluding hydrogens is 435 g/mol. The van der Waals surface area contributed by atoms with Crippen molar-refractivity contribution in [3.05, 3.63) is 34.4 Å². The molecule has 0 bridgehead atoms. The third kappa shape index (κ3) is 5.68. The summed E-state index contributed by atoms with van der Waals surface area (Å²) in [7, 11) is 0. The lowest BCUT2D eigenvalue weighted by molar-refractivity contribution is -0.119. The first kappa shape index (κ1) is 22.3. The summed E-state index contributed by atoms with van der Waals surface area (Å²) in [6.07, 6.45) is 6.55. The van der Waals surface area contributed by atoms with Crippen molar-refractivity contribution in [1.29, 1.82) is 0 Å². The summed E-state index contributed by atoms with van der Waals surface area (Å²) in [6.45, 7) is 4.64. The van der Waals surface area contributed by atoms with Crippen molar-refractivity contribution in [3.63, 3.8) is 0 Å². The molecule has 2 aliphatic rings. The summed E-state index contributed by atoms with van der Waals surface area (Å²) in [6, 6.07) is 5.42. The second kappa shape index (κ2) is 10.2. The van der Waals surface area contributed by atoms with Gasteiger partial charge in [-0.3, -0.25) is 4.79 Å². The van der Waals surface area contributed by atoms with E-state index in [1.54, 1.807) is 6.07 Å². The molecule has 1 aliphatic heterocycles. The quantitative estimate of drug-likeness (QED) is 0.578. The van der Waals surface area contributed by atoms with Crippen LogP contribution in [0.4, 0.5) is 11.6 Å². The Kier molecular flexibility index (Phi) is 7.31. The minimum Gasteiger partial charge on any atom is -0.381 e. The summed E-state index contributed by atoms with van der Waals surface area (Å²) >= 11 is 12.9. The summed E-state index contributed by atoms with van der Waals surface area (Å²) in [5.74, 6) is 2.40. The first-order valence-electron chi connectivity index (χ1n) is 10.9. The first-order chi connectivity index (χ1) is 15.0. The molecule has 3 heterocycles. The Bertz CT molecular complexity index is 934. The molecule has 6 nitrogen and oxygen atoms in total. The Morgan fingerprint density at radius 3 is 2.68 bits per heavy atom. The van der Waals surface area contributed by atoms with Crippen LogP contribution in [0.25, 0.3) is 11.3 Å². The third-order valence-corrected chi connectivity index (χ3v) is 6.79. The predicted molar refractivity (Wildman–Crippen MR) is 125 cm³/mol. The minimum absolute atomic E-state index is 0.0102. The van der Waals surface area contributed by atoms with Gasteiger partial charge in [-0.2, -0.15) is 0 Å². The Hall–Kier alpha value is -1.89. The van der Waals surface area contributed by atoms with E-state index in [1.165, 1.54) is 6.20 Å². The van der Waals surface area contributed by atoms with Gasteiger partial charge < -0.3 is 15.4 Å². The van der Waals surface area contributed by atoms with Crippen LogP contribution >= 0.6 is 23.2 Å². The minimum atomic E-state index is 0.0102. The van der Waals surface area contributed by atoms with Crippen LogP contribution in [-0.2, 0) is 9.53 Å². The predicted octanol–water partition coefficient (Wildman–Crippen LogP) is 5.66. The number of pyridine rings is 2. The number of carbonyl (C=O) groups is 1. The molecule has 0 aromatic carbocycles. The van der Waals surface area contributed by atoms with E-state index in [9.17, 15) is 4.79 Å². The average Bonchev–Trinajstić information content (AvgIpc) is 3.22. The lowest BCUT2D eigenvalue weighted by atomic mass is 10.0. The number of amides is 1. The van der Waals surface area contributed by atoms with Crippen LogP contribution < -0.4 is 10.6 Å². The van der Waals surface area contributed by atoms with Gasteiger partial charge in [0.25, 0.3) is 0 Å². The molecule has 166 valence electrons. The molecule has 2 fully saturated rings. The number of ether oxygens (including phenoxy) is 1. The standard InChI is InChI=1S/C23H28Cl2N4O2/c1-14-2-3-16(10-14)23(30)29-21-11-17(19(25)13-27-21)22-18(24)4-5-20(28-22)26-12-15-6-8-31-9-7-15/h4-5,11,13-16H,2-3,6-10,12H2,1H3,(H,26,28)(H,27,29,30)/t14-,16+/m1/s1. The molecule has 2 aromatic rings. The Balaban J connectivity index is 1.49. The van der Waals surface area contributed by atoms with Crippen LogP contribution in [0.5, 0.6) is 0 Å². The van der Waals surface area contributed by atoms with Crippen molar-refractivity contribution in [1.82, 2.24) is 9.97 Å². The molecule has 1 saturated carbocycles. The topological polar surface area (TPSA) is 76.1 Å². The van der Waals surface area contributed by atoms with E-state index in [0.717, 1.165) is 57.7 Å². The van der Waals surface area contributed by atoms with Crippen LogP contribution in [0.3, 0.4) is 0 Å². The molecule has 31 heavy (non-hydrogen) atoms. The molecule has 2 atom stereocenters. The number of rotatable bonds is 6. The van der Waals surface area contributed by atoms with E-state index in [1.807, 2.05) is 12.1 Å². The SMILES string of the molecule is C[C@@H]1CC[C@H](C(=O)Nc2cc(-c3nc(NCC4CCOCC4)ccc3Cl)c(Cl)cn2)C1. The number of nitrogens with one attached hydrogen (secondary N) is 2. The maximum absolute atomic E-state index is 12.6. The van der Waals surface area contributed by atoms with E-state index in [0.29, 0.717) is 39.0 Å². The van der Waals surface area contributed by atoms with Gasteiger partial charge in [-0.1, -0.05) is 30.1 Å². The highest BCUT2D eigenvalue weighted by atomic mass is 35.5. The van der Waals surface area contributed by atoms with Crippen LogP contribution in [0, 0.1) is 17.8 Å². The lowest BCUT2D eigenvalue weighted by Gasteiger charge is -2.22. The fourth-order valence-corrected chi connectivity index (χ4v) is 4.69. The van der Waals surface area contributed by atoms with Crippen molar-refractivity contribution < 1.29 is 9.53 Å². The van der Waals surface area contributed by atoms with Gasteiger partial charge in [0.15, 0.2) is 0 Å². The Morgan fingerprint density at radius 2 is 1.94 bits per heavy atom. The maximum Gasteiger partial charge on any atom is 0.228 e. The fraction of sp³-hybridized carbons (Fsp3) is 0.522. The number of nitrogens with zero attached hydrogens (tertiary/aromatic N) is 2. The first-order valence-corrected chi connectivity index (χ1v) is 11.7. The van der Waals surface area contributed by atoms with Crippen molar-refractivity contribution in [3.8, 4) is 11.3 Å². The number of hydrogen-bond donors (Lipinski definition) is 2. The molecule has 0 radical (unpaired) electrons. The maximum atomic E-state index is 12.6. The Labute approximate surface area is 193 Å². The van der Waals surface area contributed by atoms with Gasteiger partial charge >= 0.3 is 0 Å². The van der Waals surface area contributed by atoms with Gasteiger partial charge in [0.05, 0.1) is 15.7 Å². The van der Waals surface area contributed by atoms with Gasteiger partial charge in [0.2, 0.25) is 5.91 Å². The summed E-state index contributed by atoms with van der Waals surface area (Å²) in [5.41, 5.74) is 1.21. The van der Waals surface area contributed by atoms with Gasteiger partial charge in [-0.05, 0) is 62.1 Å². The lowest BCUT2D eigenvalue weighted by Crippen LogP contribution is -2.23. The van der Waals surface area contributed by atoms with Crippen molar-refractivity contribution in [2.45, 2.75) is 39.0 Å². The number of hydrogen-bond acceptors (Lipinski definition) is 5. The molecule has 8 heteroatoms. The molecule has 4 rings (SSSR count). The monoisotopic (exact) mass is 462 g/mol. The molecule has 0 unspecified atom stereocenters. The molecule has 2 N–H and O–H groups in total. The molecule has 2 aromatic heterocycles. The van der Waals surface area contributed by atoms with Gasteiger partial charge in [-0.25, -0.2) is 9.97 Å². The van der Waals surface area contributed by atoms with Gasteiger partial charge in [0, 0.05) is 37.4 Å². The Morgan fingerprint density at radius 1 is 1.13 bits per heavy atom. The molecular formula is C23H28Cl2N4O2. The normalized spacial score (nSPS) is 21.8. The highest BCUT2D eigenvalue weighted by molar-refractivity contribution is 6.36. The fourth-order valence-electron chi connectivity index (χ4n) is 4.29. The van der Waals surface area contributed by atoms with Gasteiger partial charge in [-0.15, -0.1) is 0 Å². The van der Waals surface area contributed by atoms with E-state index in [2.05, 4.69) is 22.5 Å². The molecule has 1 amide bonds. The van der Waals surface area contributed by atoms with Gasteiger partial charge in [0.1, 0.15) is 11.6 Å². The average molecular weight is 463 g/mol. The third-order valence-electron chi connectivity index (χ3n) is 6.19. The van der Waals surface area contributed by atoms with E-state index < -0.39 is 0 Å². The number of anilines is 2. The second-order valence-electron chi connectivity index (χ2n) is 8.62. The van der Waals surface area contributed by atoms with E-state index >= 15 is 0 Å². The number of halogens is 2. The van der Waals surface area contributed by atoms with Crippen molar-refractivity contribution in [2.24, 2.45) is 17.8 Å². The second-order valence-corrected chi connectivity index (χ2v) is 9.43. The van der Waals surface area contributed by atoms with Crippen LogP contribution in [0.1, 0.15) is 39.0 Å². The van der Waals surface area contributed by atoms with Crippen LogP contribution in [0.2, 0.25) is 10.0 Å². The summed E-state index contributed by atoms with van der Waals surface area (Å²) < 4.78 is 5.42. The van der Waals surface area contributed by atoms with Crippen LogP contribution in [0.15, 0.2) is 24.4 Å². The van der Waals surface area contributed by atoms with E-state index in [-0.39, 0.29) is 11.8 Å². The summed E-state index contributed by atoms with van der Waals surface area (Å²) in [4.78, 5) is 21.6. The molecule has 0 spiro atoms. The highest BCUT2D eigenvalue weighted by Gasteiger charge is 2.27. The molecule has 1 aliphatic carbocycles.